The topological polar surface area (TPSA) is 85.9 Å². The summed E-state index contributed by atoms with van der Waals surface area (Å²) in [5, 5.41) is 13.9. The fourth-order valence-corrected chi connectivity index (χ4v) is 5.57. The van der Waals surface area contributed by atoms with Gasteiger partial charge in [-0.3, -0.25) is 4.68 Å². The number of aromatic nitrogens is 5. The van der Waals surface area contributed by atoms with Crippen molar-refractivity contribution in [3.8, 4) is 11.5 Å². The van der Waals surface area contributed by atoms with E-state index in [0.717, 1.165) is 22.0 Å². The molecule has 2 aromatic heterocycles. The Morgan fingerprint density at radius 1 is 1.18 bits per heavy atom. The maximum atomic E-state index is 13.2. The Morgan fingerprint density at radius 2 is 1.96 bits per heavy atom. The van der Waals surface area contributed by atoms with Crippen LogP contribution in [0.2, 0.25) is 0 Å². The molecule has 0 saturated carbocycles. The van der Waals surface area contributed by atoms with Gasteiger partial charge in [0.25, 0.3) is 0 Å². The first-order chi connectivity index (χ1) is 13.3. The standard InChI is InChI=1S/C18H22N6O2S2/c1-12-6-5-7-13(10-12)28(25,26)24-9-8-15-14(11-24)16(21-23(15)3)17-19-20-18(27-4)22(17)2/h5-7,10H,8-9,11H2,1-4H3. The molecule has 0 aliphatic carbocycles. The van der Waals surface area contributed by atoms with Crippen LogP contribution in [-0.2, 0) is 37.1 Å². The van der Waals surface area contributed by atoms with Crippen LogP contribution in [0.25, 0.3) is 11.5 Å². The molecule has 0 atom stereocenters. The van der Waals surface area contributed by atoms with Crippen molar-refractivity contribution in [3.63, 3.8) is 0 Å². The third kappa shape index (κ3) is 3.05. The predicted octanol–water partition coefficient (Wildman–Crippen LogP) is 1.99. The van der Waals surface area contributed by atoms with Crippen molar-refractivity contribution in [3.05, 3.63) is 41.1 Å². The summed E-state index contributed by atoms with van der Waals surface area (Å²) in [5.41, 5.74) is 3.55. The third-order valence-electron chi connectivity index (χ3n) is 5.06. The molecule has 4 rings (SSSR count). The van der Waals surface area contributed by atoms with E-state index in [-0.39, 0.29) is 6.54 Å². The lowest BCUT2D eigenvalue weighted by atomic mass is 10.1. The van der Waals surface area contributed by atoms with E-state index in [4.69, 9.17) is 0 Å². The first-order valence-corrected chi connectivity index (χ1v) is 11.5. The van der Waals surface area contributed by atoms with E-state index < -0.39 is 10.0 Å². The van der Waals surface area contributed by atoms with Gasteiger partial charge in [-0.1, -0.05) is 23.9 Å². The number of hydrogen-bond donors (Lipinski definition) is 0. The molecular weight excluding hydrogens is 396 g/mol. The summed E-state index contributed by atoms with van der Waals surface area (Å²) in [4.78, 5) is 0.324. The Morgan fingerprint density at radius 3 is 2.64 bits per heavy atom. The second kappa shape index (κ2) is 7.02. The maximum Gasteiger partial charge on any atom is 0.243 e. The molecule has 0 N–H and O–H groups in total. The molecule has 3 aromatic rings. The number of rotatable bonds is 4. The van der Waals surface area contributed by atoms with Crippen molar-refractivity contribution < 1.29 is 8.42 Å². The molecule has 1 aliphatic heterocycles. The summed E-state index contributed by atoms with van der Waals surface area (Å²) in [5.74, 6) is 0.649. The van der Waals surface area contributed by atoms with Crippen molar-refractivity contribution in [2.45, 2.75) is 29.9 Å². The summed E-state index contributed by atoms with van der Waals surface area (Å²) in [7, 11) is 0.206. The molecule has 0 radical (unpaired) electrons. The van der Waals surface area contributed by atoms with Crippen molar-refractivity contribution >= 4 is 21.8 Å². The minimum atomic E-state index is -3.58. The molecule has 0 unspecified atom stereocenters. The molecule has 10 heteroatoms. The van der Waals surface area contributed by atoms with Crippen LogP contribution in [0, 0.1) is 6.92 Å². The van der Waals surface area contributed by atoms with E-state index in [2.05, 4.69) is 15.3 Å². The molecule has 0 bridgehead atoms. The van der Waals surface area contributed by atoms with E-state index in [1.807, 2.05) is 42.6 Å². The largest absolute Gasteiger partial charge is 0.304 e. The van der Waals surface area contributed by atoms with Gasteiger partial charge in [-0.2, -0.15) is 9.40 Å². The number of fused-ring (bicyclic) bond motifs is 1. The lowest BCUT2D eigenvalue weighted by molar-refractivity contribution is 0.386. The van der Waals surface area contributed by atoms with Gasteiger partial charge in [-0.25, -0.2) is 8.42 Å². The molecule has 0 amide bonds. The highest BCUT2D eigenvalue weighted by molar-refractivity contribution is 7.98. The zero-order valence-electron chi connectivity index (χ0n) is 16.2. The monoisotopic (exact) mass is 418 g/mol. The summed E-state index contributed by atoms with van der Waals surface area (Å²) in [6.07, 6.45) is 2.55. The number of sulfonamides is 1. The van der Waals surface area contributed by atoms with Crippen LogP contribution in [-0.4, -0.2) is 50.1 Å². The quantitative estimate of drug-likeness (QED) is 0.603. The SMILES string of the molecule is CSc1nnc(-c2nn(C)c3c2CN(S(=O)(=O)c2cccc(C)c2)CC3)n1C. The van der Waals surface area contributed by atoms with Gasteiger partial charge < -0.3 is 4.57 Å². The van der Waals surface area contributed by atoms with Gasteiger partial charge in [0, 0.05) is 44.9 Å². The lowest BCUT2D eigenvalue weighted by Crippen LogP contribution is -2.36. The number of benzene rings is 1. The Labute approximate surface area is 168 Å². The highest BCUT2D eigenvalue weighted by Crippen LogP contribution is 2.32. The first kappa shape index (κ1) is 19.2. The fourth-order valence-electron chi connectivity index (χ4n) is 3.58. The number of aryl methyl sites for hydroxylation is 2. The van der Waals surface area contributed by atoms with Crippen LogP contribution in [0.4, 0.5) is 0 Å². The average molecular weight is 419 g/mol. The van der Waals surface area contributed by atoms with Crippen LogP contribution in [0.5, 0.6) is 0 Å². The fraction of sp³-hybridized carbons (Fsp3) is 0.389. The van der Waals surface area contributed by atoms with E-state index in [0.29, 0.717) is 29.4 Å². The van der Waals surface area contributed by atoms with Crippen molar-refractivity contribution in [1.82, 2.24) is 28.9 Å². The molecule has 3 heterocycles. The zero-order chi connectivity index (χ0) is 20.1. The Balaban J connectivity index is 1.75. The Hall–Kier alpha value is -2.17. The van der Waals surface area contributed by atoms with Crippen molar-refractivity contribution in [2.24, 2.45) is 14.1 Å². The average Bonchev–Trinajstić information content (AvgIpc) is 3.21. The van der Waals surface area contributed by atoms with Gasteiger partial charge in [0.2, 0.25) is 10.0 Å². The highest BCUT2D eigenvalue weighted by Gasteiger charge is 2.33. The first-order valence-electron chi connectivity index (χ1n) is 8.88. The van der Waals surface area contributed by atoms with Crippen LogP contribution in [0.1, 0.15) is 16.8 Å². The number of thioether (sulfide) groups is 1. The highest BCUT2D eigenvalue weighted by atomic mass is 32.2. The normalized spacial score (nSPS) is 15.0. The molecule has 1 aliphatic rings. The molecule has 0 fully saturated rings. The van der Waals surface area contributed by atoms with Gasteiger partial charge in [0.1, 0.15) is 5.69 Å². The van der Waals surface area contributed by atoms with Gasteiger partial charge in [-0.15, -0.1) is 10.2 Å². The molecule has 28 heavy (non-hydrogen) atoms. The van der Waals surface area contributed by atoms with Crippen molar-refractivity contribution in [2.75, 3.05) is 12.8 Å². The minimum Gasteiger partial charge on any atom is -0.304 e. The Kier molecular flexibility index (Phi) is 4.80. The van der Waals surface area contributed by atoms with Crippen LogP contribution >= 0.6 is 11.8 Å². The molecule has 1 aromatic carbocycles. The predicted molar refractivity (Wildman–Crippen MR) is 107 cm³/mol. The number of hydrogen-bond acceptors (Lipinski definition) is 6. The van der Waals surface area contributed by atoms with E-state index in [1.54, 1.807) is 18.2 Å². The smallest absolute Gasteiger partial charge is 0.243 e. The summed E-state index contributed by atoms with van der Waals surface area (Å²) in [6.45, 7) is 2.59. The molecular formula is C18H22N6O2S2. The van der Waals surface area contributed by atoms with Gasteiger partial charge >= 0.3 is 0 Å². The second-order valence-electron chi connectivity index (χ2n) is 6.87. The second-order valence-corrected chi connectivity index (χ2v) is 9.58. The number of nitrogens with zero attached hydrogens (tertiary/aromatic N) is 6. The molecule has 0 spiro atoms. The summed E-state index contributed by atoms with van der Waals surface area (Å²) in [6, 6.07) is 7.03. The van der Waals surface area contributed by atoms with E-state index in [1.165, 1.54) is 16.1 Å². The molecule has 8 nitrogen and oxygen atoms in total. The maximum absolute atomic E-state index is 13.2. The van der Waals surface area contributed by atoms with Gasteiger partial charge in [0.05, 0.1) is 4.90 Å². The van der Waals surface area contributed by atoms with Crippen LogP contribution < -0.4 is 0 Å². The molecule has 0 saturated heterocycles. The zero-order valence-corrected chi connectivity index (χ0v) is 17.9. The van der Waals surface area contributed by atoms with Crippen molar-refractivity contribution in [1.29, 1.82) is 0 Å². The summed E-state index contributed by atoms with van der Waals surface area (Å²) < 4.78 is 31.6. The Bertz CT molecular complexity index is 1150. The van der Waals surface area contributed by atoms with E-state index >= 15 is 0 Å². The van der Waals surface area contributed by atoms with Gasteiger partial charge in [0.15, 0.2) is 11.0 Å². The van der Waals surface area contributed by atoms with E-state index in [9.17, 15) is 8.42 Å². The lowest BCUT2D eigenvalue weighted by Gasteiger charge is -2.27. The molecule has 148 valence electrons. The van der Waals surface area contributed by atoms with Crippen LogP contribution in [0.3, 0.4) is 0 Å². The van der Waals surface area contributed by atoms with Crippen LogP contribution in [0.15, 0.2) is 34.3 Å². The van der Waals surface area contributed by atoms with Gasteiger partial charge in [-0.05, 0) is 30.9 Å². The summed E-state index contributed by atoms with van der Waals surface area (Å²) >= 11 is 1.51. The third-order valence-corrected chi connectivity index (χ3v) is 7.63. The minimum absolute atomic E-state index is 0.274.